The number of para-hydroxylation sites is 1. The molecule has 0 saturated carbocycles. The number of hydrogen-bond acceptors (Lipinski definition) is 5. The molecule has 0 spiro atoms. The first-order chi connectivity index (χ1) is 13.6. The van der Waals surface area contributed by atoms with E-state index in [2.05, 4.69) is 4.98 Å². The molecule has 0 saturated heterocycles. The molecule has 4 rings (SSSR count). The predicted molar refractivity (Wildman–Crippen MR) is 110 cm³/mol. The van der Waals surface area contributed by atoms with Crippen molar-refractivity contribution in [3.63, 3.8) is 0 Å². The Labute approximate surface area is 175 Å². The van der Waals surface area contributed by atoms with Crippen LogP contribution >= 0.6 is 11.6 Å². The van der Waals surface area contributed by atoms with Crippen LogP contribution in [0.2, 0.25) is 5.02 Å². The number of halogens is 1. The first-order valence-electron chi connectivity index (χ1n) is 9.45. The monoisotopic (exact) mass is 414 g/mol. The minimum atomic E-state index is -1.05. The van der Waals surface area contributed by atoms with Crippen LogP contribution in [0.15, 0.2) is 42.6 Å². The van der Waals surface area contributed by atoms with Crippen LogP contribution in [0, 0.1) is 0 Å². The second-order valence-electron chi connectivity index (χ2n) is 8.23. The third-order valence-electron chi connectivity index (χ3n) is 4.69. The Morgan fingerprint density at radius 1 is 1.24 bits per heavy atom. The third kappa shape index (κ3) is 3.90. The summed E-state index contributed by atoms with van der Waals surface area (Å²) in [5, 5.41) is 0.548. The number of benzene rings is 1. The Bertz CT molecular complexity index is 981. The van der Waals surface area contributed by atoms with Crippen molar-refractivity contribution in [3.05, 3.63) is 58.9 Å². The highest BCUT2D eigenvalue weighted by molar-refractivity contribution is 6.30. The van der Waals surface area contributed by atoms with E-state index in [1.807, 2.05) is 52.0 Å². The fourth-order valence-corrected chi connectivity index (χ4v) is 3.46. The van der Waals surface area contributed by atoms with Crippen LogP contribution in [0.4, 0.5) is 4.79 Å². The van der Waals surface area contributed by atoms with Gasteiger partial charge in [-0.05, 0) is 44.5 Å². The van der Waals surface area contributed by atoms with Gasteiger partial charge in [0.05, 0.1) is 5.02 Å². The zero-order valence-corrected chi connectivity index (χ0v) is 17.6. The number of nitrogens with zero attached hydrogens (tertiary/aromatic N) is 2. The van der Waals surface area contributed by atoms with Crippen LogP contribution in [-0.2, 0) is 10.5 Å². The van der Waals surface area contributed by atoms with Gasteiger partial charge < -0.3 is 19.1 Å². The van der Waals surface area contributed by atoms with Crippen molar-refractivity contribution in [2.75, 3.05) is 13.1 Å². The fraction of sp³-hybridized carbons (Fsp3) is 0.364. The molecule has 1 atom stereocenters. The number of ether oxygens (including phenoxy) is 3. The highest BCUT2D eigenvalue weighted by Gasteiger charge is 2.42. The molecule has 2 aliphatic heterocycles. The molecule has 1 aromatic carbocycles. The molecule has 0 bridgehead atoms. The molecule has 3 heterocycles. The molecule has 1 aromatic heterocycles. The van der Waals surface area contributed by atoms with E-state index in [1.54, 1.807) is 23.2 Å². The highest BCUT2D eigenvalue weighted by atomic mass is 35.5. The van der Waals surface area contributed by atoms with E-state index in [0.717, 1.165) is 11.1 Å². The van der Waals surface area contributed by atoms with Crippen molar-refractivity contribution < 1.29 is 19.0 Å². The summed E-state index contributed by atoms with van der Waals surface area (Å²) in [7, 11) is 0. The van der Waals surface area contributed by atoms with E-state index in [1.165, 1.54) is 0 Å². The summed E-state index contributed by atoms with van der Waals surface area (Å²) in [6.07, 6.45) is 3.25. The first kappa shape index (κ1) is 19.6. The second kappa shape index (κ2) is 6.95. The lowest BCUT2D eigenvalue weighted by Gasteiger charge is -2.24. The standard InChI is InChI=1S/C22H23ClN2O4/c1-21(2,3)29-20(26)25-11-10-14(13-25)16-6-5-7-17-19(16)28-22(4,27-17)18-9-8-15(23)12-24-18/h5-10,12H,11,13H2,1-4H3. The number of carbonyl (C=O) groups is 1. The molecular weight excluding hydrogens is 392 g/mol. The van der Waals surface area contributed by atoms with E-state index in [-0.39, 0.29) is 6.09 Å². The Hall–Kier alpha value is -2.73. The quantitative estimate of drug-likeness (QED) is 0.691. The zero-order chi connectivity index (χ0) is 20.8. The smallest absolute Gasteiger partial charge is 0.410 e. The second-order valence-corrected chi connectivity index (χ2v) is 8.67. The summed E-state index contributed by atoms with van der Waals surface area (Å²) in [6, 6.07) is 9.28. The van der Waals surface area contributed by atoms with Gasteiger partial charge in [0.1, 0.15) is 11.3 Å². The number of pyridine rings is 1. The maximum atomic E-state index is 12.4. The van der Waals surface area contributed by atoms with Gasteiger partial charge in [0.2, 0.25) is 0 Å². The van der Waals surface area contributed by atoms with E-state index in [9.17, 15) is 4.79 Å². The van der Waals surface area contributed by atoms with Gasteiger partial charge in [0, 0.05) is 31.8 Å². The van der Waals surface area contributed by atoms with Crippen molar-refractivity contribution >= 4 is 23.3 Å². The molecule has 2 aromatic rings. The maximum Gasteiger partial charge on any atom is 0.410 e. The summed E-state index contributed by atoms with van der Waals surface area (Å²) in [6.45, 7) is 8.33. The summed E-state index contributed by atoms with van der Waals surface area (Å²) in [5.41, 5.74) is 1.98. The Morgan fingerprint density at radius 3 is 2.72 bits per heavy atom. The van der Waals surface area contributed by atoms with E-state index in [0.29, 0.717) is 35.3 Å². The van der Waals surface area contributed by atoms with Gasteiger partial charge in [-0.1, -0.05) is 29.8 Å². The van der Waals surface area contributed by atoms with Crippen molar-refractivity contribution in [1.29, 1.82) is 0 Å². The normalized spacial score (nSPS) is 20.6. The fourth-order valence-electron chi connectivity index (χ4n) is 3.34. The molecule has 1 amide bonds. The SMILES string of the molecule is CC(C)(C)OC(=O)N1CC=C(c2cccc3c2OC(C)(c2ccc(Cl)cn2)O3)C1. The molecule has 0 radical (unpaired) electrons. The van der Waals surface area contributed by atoms with Gasteiger partial charge in [-0.25, -0.2) is 4.79 Å². The Kier molecular flexibility index (Phi) is 4.69. The number of carbonyl (C=O) groups excluding carboxylic acids is 1. The molecular formula is C22H23ClN2O4. The number of hydrogen-bond donors (Lipinski definition) is 0. The van der Waals surface area contributed by atoms with Crippen molar-refractivity contribution in [1.82, 2.24) is 9.88 Å². The topological polar surface area (TPSA) is 60.9 Å². The van der Waals surface area contributed by atoms with Gasteiger partial charge in [0.25, 0.3) is 5.79 Å². The maximum absolute atomic E-state index is 12.4. The zero-order valence-electron chi connectivity index (χ0n) is 16.9. The number of fused-ring (bicyclic) bond motifs is 1. The molecule has 152 valence electrons. The van der Waals surface area contributed by atoms with Gasteiger partial charge in [-0.15, -0.1) is 0 Å². The minimum absolute atomic E-state index is 0.330. The molecule has 2 aliphatic rings. The van der Waals surface area contributed by atoms with Crippen molar-refractivity contribution in [3.8, 4) is 11.5 Å². The number of amides is 1. The van der Waals surface area contributed by atoms with Gasteiger partial charge >= 0.3 is 6.09 Å². The molecule has 1 unspecified atom stereocenters. The summed E-state index contributed by atoms with van der Waals surface area (Å²) in [5.74, 6) is 0.231. The third-order valence-corrected chi connectivity index (χ3v) is 4.91. The average Bonchev–Trinajstić information content (AvgIpc) is 3.25. The predicted octanol–water partition coefficient (Wildman–Crippen LogP) is 5.01. The largest absolute Gasteiger partial charge is 0.444 e. The molecule has 7 heteroatoms. The van der Waals surface area contributed by atoms with Crippen LogP contribution in [0.1, 0.15) is 39.0 Å². The lowest BCUT2D eigenvalue weighted by Crippen LogP contribution is -2.35. The van der Waals surface area contributed by atoms with Crippen LogP contribution in [0.25, 0.3) is 5.57 Å². The molecule has 0 aliphatic carbocycles. The lowest BCUT2D eigenvalue weighted by molar-refractivity contribution is -0.0718. The highest BCUT2D eigenvalue weighted by Crippen LogP contribution is 2.48. The molecule has 6 nitrogen and oxygen atoms in total. The van der Waals surface area contributed by atoms with Gasteiger partial charge in [-0.2, -0.15) is 0 Å². The summed E-state index contributed by atoms with van der Waals surface area (Å²) >= 11 is 5.95. The van der Waals surface area contributed by atoms with E-state index < -0.39 is 11.4 Å². The van der Waals surface area contributed by atoms with Crippen LogP contribution in [0.5, 0.6) is 11.5 Å². The van der Waals surface area contributed by atoms with E-state index >= 15 is 0 Å². The average molecular weight is 415 g/mol. The van der Waals surface area contributed by atoms with Crippen LogP contribution < -0.4 is 9.47 Å². The van der Waals surface area contributed by atoms with Gasteiger partial charge in [0.15, 0.2) is 11.5 Å². The lowest BCUT2D eigenvalue weighted by atomic mass is 10.1. The van der Waals surface area contributed by atoms with Crippen molar-refractivity contribution in [2.45, 2.75) is 39.1 Å². The van der Waals surface area contributed by atoms with Crippen LogP contribution in [-0.4, -0.2) is 34.7 Å². The molecule has 0 N–H and O–H groups in total. The van der Waals surface area contributed by atoms with Crippen LogP contribution in [0.3, 0.4) is 0 Å². The minimum Gasteiger partial charge on any atom is -0.444 e. The molecule has 29 heavy (non-hydrogen) atoms. The summed E-state index contributed by atoms with van der Waals surface area (Å²) < 4.78 is 17.8. The first-order valence-corrected chi connectivity index (χ1v) is 9.83. The van der Waals surface area contributed by atoms with Gasteiger partial charge in [-0.3, -0.25) is 4.98 Å². The van der Waals surface area contributed by atoms with E-state index in [4.69, 9.17) is 25.8 Å². The number of aromatic nitrogens is 1. The molecule has 0 fully saturated rings. The Morgan fingerprint density at radius 2 is 2.03 bits per heavy atom. The van der Waals surface area contributed by atoms with Crippen molar-refractivity contribution in [2.24, 2.45) is 0 Å². The summed E-state index contributed by atoms with van der Waals surface area (Å²) in [4.78, 5) is 18.4. The Balaban J connectivity index is 1.55. The number of rotatable bonds is 2.